The van der Waals surface area contributed by atoms with Gasteiger partial charge in [-0.05, 0) is 43.2 Å². The highest BCUT2D eigenvalue weighted by atomic mass is 16.6. The fraction of sp³-hybridized carbons (Fsp3) is 0.538. The molecule has 3 aliphatic rings. The lowest BCUT2D eigenvalue weighted by molar-refractivity contribution is -0.384. The maximum absolute atomic E-state index is 10.7. The Labute approximate surface area is 110 Å². The maximum Gasteiger partial charge on any atom is 0.269 e. The number of anilines is 1. The monoisotopic (exact) mass is 258 g/mol. The van der Waals surface area contributed by atoms with E-state index >= 15 is 0 Å². The molecule has 0 amide bonds. The summed E-state index contributed by atoms with van der Waals surface area (Å²) in [7, 11) is 0. The summed E-state index contributed by atoms with van der Waals surface area (Å²) in [5.74, 6) is 1.38. The molecule has 98 valence electrons. The van der Waals surface area contributed by atoms with Gasteiger partial charge < -0.3 is 0 Å². The van der Waals surface area contributed by atoms with Gasteiger partial charge in [0.15, 0.2) is 0 Å². The molecule has 0 saturated heterocycles. The Hall–Kier alpha value is -1.98. The second kappa shape index (κ2) is 3.76. The molecule has 6 heteroatoms. The maximum atomic E-state index is 10.7. The molecule has 0 radical (unpaired) electrons. The molecule has 2 fully saturated rings. The predicted octanol–water partition coefficient (Wildman–Crippen LogP) is 2.95. The van der Waals surface area contributed by atoms with Crippen LogP contribution in [-0.2, 0) is 0 Å². The number of hydrogen-bond donors (Lipinski definition) is 0. The van der Waals surface area contributed by atoms with E-state index in [-0.39, 0.29) is 10.6 Å². The highest BCUT2D eigenvalue weighted by molar-refractivity contribution is 5.52. The number of hydrogen-bond acceptors (Lipinski definition) is 5. The van der Waals surface area contributed by atoms with Crippen LogP contribution in [0, 0.1) is 22.0 Å². The van der Waals surface area contributed by atoms with Crippen LogP contribution in [0.5, 0.6) is 0 Å². The molecule has 0 aromatic heterocycles. The van der Waals surface area contributed by atoms with Gasteiger partial charge in [0.25, 0.3) is 5.69 Å². The van der Waals surface area contributed by atoms with Crippen LogP contribution in [0.2, 0.25) is 0 Å². The standard InChI is InChI=1S/C13H14N4O2/c18-17(19)11-5-3-10(4-6-11)16-13-9-2-1-8(7-9)12(13)14-15-16/h3-6,8-9,12-13H,1-2,7H2/t8-,9+,12-,13+/m0/s1. The molecule has 1 heterocycles. The summed E-state index contributed by atoms with van der Waals surface area (Å²) >= 11 is 0. The fourth-order valence-corrected chi connectivity index (χ4v) is 3.86. The van der Waals surface area contributed by atoms with Crippen molar-refractivity contribution in [2.75, 3.05) is 5.01 Å². The molecule has 19 heavy (non-hydrogen) atoms. The second-order valence-corrected chi connectivity index (χ2v) is 5.64. The molecule has 0 spiro atoms. The van der Waals surface area contributed by atoms with Crippen LogP contribution in [-0.4, -0.2) is 17.0 Å². The molecule has 6 nitrogen and oxygen atoms in total. The molecule has 1 aromatic carbocycles. The quantitative estimate of drug-likeness (QED) is 0.604. The van der Waals surface area contributed by atoms with E-state index in [0.29, 0.717) is 23.9 Å². The predicted molar refractivity (Wildman–Crippen MR) is 68.8 cm³/mol. The lowest BCUT2D eigenvalue weighted by atomic mass is 9.91. The summed E-state index contributed by atoms with van der Waals surface area (Å²) in [5.41, 5.74) is 1.03. The summed E-state index contributed by atoms with van der Waals surface area (Å²) in [5, 5.41) is 21.3. The Kier molecular flexibility index (Phi) is 2.15. The van der Waals surface area contributed by atoms with Gasteiger partial charge in [0.05, 0.1) is 22.7 Å². The van der Waals surface area contributed by atoms with Crippen LogP contribution >= 0.6 is 0 Å². The van der Waals surface area contributed by atoms with Gasteiger partial charge in [-0.2, -0.15) is 5.11 Å². The number of rotatable bonds is 2. The van der Waals surface area contributed by atoms with E-state index in [1.54, 1.807) is 12.1 Å². The van der Waals surface area contributed by atoms with Crippen molar-refractivity contribution in [3.8, 4) is 0 Å². The average molecular weight is 258 g/mol. The zero-order valence-corrected chi connectivity index (χ0v) is 10.3. The van der Waals surface area contributed by atoms with Crippen LogP contribution < -0.4 is 5.01 Å². The Morgan fingerprint density at radius 3 is 2.68 bits per heavy atom. The molecule has 2 saturated carbocycles. The summed E-state index contributed by atoms with van der Waals surface area (Å²) in [6.45, 7) is 0. The van der Waals surface area contributed by atoms with Crippen LogP contribution in [0.1, 0.15) is 19.3 Å². The van der Waals surface area contributed by atoms with Crippen molar-refractivity contribution >= 4 is 11.4 Å². The van der Waals surface area contributed by atoms with Crippen molar-refractivity contribution in [2.24, 2.45) is 22.2 Å². The molecule has 1 aliphatic heterocycles. The number of nitrogens with zero attached hydrogens (tertiary/aromatic N) is 4. The first-order chi connectivity index (χ1) is 9.24. The Morgan fingerprint density at radius 2 is 1.95 bits per heavy atom. The van der Waals surface area contributed by atoms with Crippen molar-refractivity contribution in [2.45, 2.75) is 31.3 Å². The van der Waals surface area contributed by atoms with E-state index in [2.05, 4.69) is 10.3 Å². The number of nitro benzene ring substituents is 1. The Morgan fingerprint density at radius 1 is 1.21 bits per heavy atom. The van der Waals surface area contributed by atoms with E-state index < -0.39 is 0 Å². The van der Waals surface area contributed by atoms with Gasteiger partial charge in [0, 0.05) is 12.1 Å². The highest BCUT2D eigenvalue weighted by Crippen LogP contribution is 2.51. The smallest absolute Gasteiger partial charge is 0.258 e. The van der Waals surface area contributed by atoms with E-state index in [9.17, 15) is 10.1 Å². The number of fused-ring (bicyclic) bond motifs is 5. The van der Waals surface area contributed by atoms with Crippen LogP contribution in [0.15, 0.2) is 34.6 Å². The highest BCUT2D eigenvalue weighted by Gasteiger charge is 2.53. The summed E-state index contributed by atoms with van der Waals surface area (Å²) in [4.78, 5) is 10.3. The SMILES string of the molecule is O=[N+]([O-])c1ccc(N2N=N[C@H]3[C@H]4CC[C@H](C4)[C@H]32)cc1. The average Bonchev–Trinajstić information content (AvgIpc) is 3.11. The third-order valence-electron chi connectivity index (χ3n) is 4.72. The topological polar surface area (TPSA) is 71.1 Å². The van der Waals surface area contributed by atoms with Crippen LogP contribution in [0.25, 0.3) is 0 Å². The van der Waals surface area contributed by atoms with Crippen molar-refractivity contribution in [3.63, 3.8) is 0 Å². The van der Waals surface area contributed by atoms with E-state index in [0.717, 1.165) is 5.69 Å². The first-order valence-corrected chi connectivity index (χ1v) is 6.68. The van der Waals surface area contributed by atoms with Gasteiger partial charge in [0.2, 0.25) is 0 Å². The lowest BCUT2D eigenvalue weighted by Crippen LogP contribution is -2.39. The van der Waals surface area contributed by atoms with Gasteiger partial charge in [-0.3, -0.25) is 10.1 Å². The van der Waals surface area contributed by atoms with Gasteiger partial charge in [0.1, 0.15) is 0 Å². The number of benzene rings is 1. The van der Waals surface area contributed by atoms with Gasteiger partial charge in [-0.25, -0.2) is 5.01 Å². The third kappa shape index (κ3) is 1.49. The molecular formula is C13H14N4O2. The molecule has 2 bridgehead atoms. The van der Waals surface area contributed by atoms with E-state index in [1.807, 2.05) is 5.01 Å². The largest absolute Gasteiger partial charge is 0.269 e. The molecule has 1 aromatic rings. The van der Waals surface area contributed by atoms with Crippen molar-refractivity contribution in [3.05, 3.63) is 34.4 Å². The lowest BCUT2D eigenvalue weighted by Gasteiger charge is -2.28. The summed E-state index contributed by atoms with van der Waals surface area (Å²) < 4.78 is 0. The molecule has 0 N–H and O–H groups in total. The minimum atomic E-state index is -0.379. The van der Waals surface area contributed by atoms with Crippen molar-refractivity contribution in [1.29, 1.82) is 0 Å². The van der Waals surface area contributed by atoms with E-state index in [4.69, 9.17) is 0 Å². The normalized spacial score (nSPS) is 34.8. The van der Waals surface area contributed by atoms with Crippen molar-refractivity contribution in [1.82, 2.24) is 0 Å². The zero-order chi connectivity index (χ0) is 13.0. The minimum Gasteiger partial charge on any atom is -0.258 e. The number of non-ortho nitro benzene ring substituents is 1. The Balaban J connectivity index is 1.63. The molecule has 0 unspecified atom stereocenters. The molecule has 2 aliphatic carbocycles. The summed E-state index contributed by atoms with van der Waals surface area (Å²) in [6.07, 6.45) is 3.80. The zero-order valence-electron chi connectivity index (χ0n) is 10.3. The van der Waals surface area contributed by atoms with E-state index in [1.165, 1.54) is 31.4 Å². The molecule has 4 rings (SSSR count). The van der Waals surface area contributed by atoms with Gasteiger partial charge in [-0.1, -0.05) is 5.22 Å². The Bertz CT molecular complexity index is 556. The fourth-order valence-electron chi connectivity index (χ4n) is 3.86. The second-order valence-electron chi connectivity index (χ2n) is 5.64. The molecular weight excluding hydrogens is 244 g/mol. The molecule has 4 atom stereocenters. The van der Waals surface area contributed by atoms with Crippen molar-refractivity contribution < 1.29 is 4.92 Å². The van der Waals surface area contributed by atoms with Crippen LogP contribution in [0.3, 0.4) is 0 Å². The van der Waals surface area contributed by atoms with Gasteiger partial charge >= 0.3 is 0 Å². The van der Waals surface area contributed by atoms with Gasteiger partial charge in [-0.15, -0.1) is 0 Å². The first-order valence-electron chi connectivity index (χ1n) is 6.68. The summed E-state index contributed by atoms with van der Waals surface area (Å²) in [6, 6.07) is 7.32. The number of nitro groups is 1. The first kappa shape index (κ1) is 10.9. The van der Waals surface area contributed by atoms with Crippen LogP contribution in [0.4, 0.5) is 11.4 Å². The minimum absolute atomic E-state index is 0.115. The third-order valence-corrected chi connectivity index (χ3v) is 4.72.